The summed E-state index contributed by atoms with van der Waals surface area (Å²) in [4.78, 5) is 23.0. The second kappa shape index (κ2) is 11.7. The molecule has 0 saturated carbocycles. The number of para-hydroxylation sites is 1. The largest absolute Gasteiger partial charge is 0.368 e. The van der Waals surface area contributed by atoms with Crippen LogP contribution in [-0.2, 0) is 30.7 Å². The Morgan fingerprint density at radius 3 is 2.30 bits per heavy atom. The van der Waals surface area contributed by atoms with Gasteiger partial charge in [0.15, 0.2) is 0 Å². The van der Waals surface area contributed by atoms with Crippen LogP contribution in [0.5, 0.6) is 0 Å². The standard InChI is InChI=1S/C31H36ClN4O/c1-33(2)22-27-9-5-6-10-29(27)34-17-19-35(20-18-34)31(37)30(21-24-11-13-28(32)14-12-24)36-16-15-25-7-3-4-8-26(25)23-36/h3-14,16,30H,15,17-23H2,1-2H3/t30-/m1/s1. The molecule has 6 heteroatoms. The third-order valence-corrected chi connectivity index (χ3v) is 7.71. The first-order chi connectivity index (χ1) is 18.0. The summed E-state index contributed by atoms with van der Waals surface area (Å²) in [5.41, 5.74) is 6.39. The minimum Gasteiger partial charge on any atom is -0.368 e. The van der Waals surface area contributed by atoms with E-state index in [0.717, 1.165) is 56.3 Å². The smallest absolute Gasteiger partial charge is 0.240 e. The van der Waals surface area contributed by atoms with Gasteiger partial charge in [0.25, 0.3) is 0 Å². The molecule has 0 aromatic heterocycles. The molecule has 3 aromatic carbocycles. The van der Waals surface area contributed by atoms with E-state index < -0.39 is 0 Å². The monoisotopic (exact) mass is 515 g/mol. The van der Waals surface area contributed by atoms with Crippen molar-refractivity contribution in [3.05, 3.63) is 107 Å². The van der Waals surface area contributed by atoms with Gasteiger partial charge in [-0.15, -0.1) is 0 Å². The van der Waals surface area contributed by atoms with E-state index in [1.165, 1.54) is 22.4 Å². The highest BCUT2D eigenvalue weighted by atomic mass is 35.5. The highest BCUT2D eigenvalue weighted by Crippen LogP contribution is 2.27. The number of rotatable bonds is 7. The molecule has 0 unspecified atom stereocenters. The van der Waals surface area contributed by atoms with Crippen LogP contribution in [-0.4, -0.2) is 66.9 Å². The average molecular weight is 516 g/mol. The highest BCUT2D eigenvalue weighted by Gasteiger charge is 2.34. The average Bonchev–Trinajstić information content (AvgIpc) is 2.92. The van der Waals surface area contributed by atoms with E-state index in [0.29, 0.717) is 6.42 Å². The van der Waals surface area contributed by atoms with Gasteiger partial charge in [-0.1, -0.05) is 66.2 Å². The second-order valence-electron chi connectivity index (χ2n) is 10.4. The number of hydrogen-bond donors (Lipinski definition) is 0. The van der Waals surface area contributed by atoms with E-state index >= 15 is 0 Å². The first-order valence-corrected chi connectivity index (χ1v) is 13.5. The molecule has 5 nitrogen and oxygen atoms in total. The minimum absolute atomic E-state index is 0.215. The predicted octanol–water partition coefficient (Wildman–Crippen LogP) is 4.88. The first kappa shape index (κ1) is 25.8. The SMILES string of the molecule is CN(C)Cc1ccccc1N1CCN(C(=O)[C@@H](Cc2ccc(Cl)cc2)N2[CH]Cc3ccccc3C2)CC1. The summed E-state index contributed by atoms with van der Waals surface area (Å²) in [6.07, 6.45) is 1.53. The molecule has 2 aliphatic rings. The number of amides is 1. The lowest BCUT2D eigenvalue weighted by atomic mass is 9.95. The molecule has 2 heterocycles. The van der Waals surface area contributed by atoms with Crippen molar-refractivity contribution < 1.29 is 4.79 Å². The lowest BCUT2D eigenvalue weighted by Crippen LogP contribution is -2.55. The number of anilines is 1. The zero-order valence-electron chi connectivity index (χ0n) is 21.8. The summed E-state index contributed by atoms with van der Waals surface area (Å²) in [6.45, 7) is 7.04. The molecular weight excluding hydrogens is 480 g/mol. The lowest BCUT2D eigenvalue weighted by molar-refractivity contribution is -0.137. The fourth-order valence-corrected chi connectivity index (χ4v) is 5.61. The first-order valence-electron chi connectivity index (χ1n) is 13.1. The summed E-state index contributed by atoms with van der Waals surface area (Å²) in [7, 11) is 4.20. The maximum atomic E-state index is 14.0. The van der Waals surface area contributed by atoms with Gasteiger partial charge in [-0.2, -0.15) is 0 Å². The van der Waals surface area contributed by atoms with Gasteiger partial charge in [-0.25, -0.2) is 0 Å². The van der Waals surface area contributed by atoms with E-state index in [2.05, 4.69) is 88.8 Å². The van der Waals surface area contributed by atoms with Crippen molar-refractivity contribution in [1.82, 2.24) is 14.7 Å². The number of nitrogens with zero attached hydrogens (tertiary/aromatic N) is 4. The van der Waals surface area contributed by atoms with Crippen molar-refractivity contribution in [2.45, 2.75) is 32.0 Å². The van der Waals surface area contributed by atoms with Crippen LogP contribution in [0.4, 0.5) is 5.69 Å². The Balaban J connectivity index is 1.31. The van der Waals surface area contributed by atoms with Crippen LogP contribution in [0.25, 0.3) is 0 Å². The maximum absolute atomic E-state index is 14.0. The number of carbonyl (C=O) groups excluding carboxylic acids is 1. The Hall–Kier alpha value is -2.86. The van der Waals surface area contributed by atoms with E-state index in [1.54, 1.807) is 0 Å². The third kappa shape index (κ3) is 6.18. The number of halogens is 1. The molecule has 5 rings (SSSR count). The molecule has 0 spiro atoms. The van der Waals surface area contributed by atoms with Gasteiger partial charge in [0.2, 0.25) is 5.91 Å². The third-order valence-electron chi connectivity index (χ3n) is 7.45. The van der Waals surface area contributed by atoms with Gasteiger partial charge in [0.1, 0.15) is 0 Å². The predicted molar refractivity (Wildman–Crippen MR) is 152 cm³/mol. The second-order valence-corrected chi connectivity index (χ2v) is 10.8. The molecule has 1 fully saturated rings. The van der Waals surface area contributed by atoms with Crippen LogP contribution >= 0.6 is 11.6 Å². The quantitative estimate of drug-likeness (QED) is 0.448. The normalized spacial score (nSPS) is 17.1. The Morgan fingerprint density at radius 1 is 0.892 bits per heavy atom. The van der Waals surface area contributed by atoms with Crippen LogP contribution in [0.3, 0.4) is 0 Å². The van der Waals surface area contributed by atoms with Gasteiger partial charge in [-0.05, 0) is 67.4 Å². The molecule has 0 aliphatic carbocycles. The summed E-state index contributed by atoms with van der Waals surface area (Å²) in [6, 6.07) is 24.9. The Morgan fingerprint density at radius 2 is 1.57 bits per heavy atom. The van der Waals surface area contributed by atoms with Crippen LogP contribution in [0.15, 0.2) is 72.8 Å². The van der Waals surface area contributed by atoms with Crippen molar-refractivity contribution >= 4 is 23.2 Å². The molecule has 0 N–H and O–H groups in total. The lowest BCUT2D eigenvalue weighted by Gasteiger charge is -2.41. The Kier molecular flexibility index (Phi) is 8.14. The van der Waals surface area contributed by atoms with E-state index in [-0.39, 0.29) is 11.9 Å². The van der Waals surface area contributed by atoms with E-state index in [4.69, 9.17) is 11.6 Å². The van der Waals surface area contributed by atoms with Crippen LogP contribution in [0, 0.1) is 6.54 Å². The van der Waals surface area contributed by atoms with Crippen LogP contribution in [0.2, 0.25) is 5.02 Å². The number of fused-ring (bicyclic) bond motifs is 1. The van der Waals surface area contributed by atoms with Gasteiger partial charge in [-0.3, -0.25) is 9.69 Å². The zero-order chi connectivity index (χ0) is 25.8. The Bertz CT molecular complexity index is 1200. The zero-order valence-corrected chi connectivity index (χ0v) is 22.6. The molecule has 1 atom stereocenters. The van der Waals surface area contributed by atoms with Gasteiger partial charge < -0.3 is 14.7 Å². The maximum Gasteiger partial charge on any atom is 0.240 e. The molecule has 37 heavy (non-hydrogen) atoms. The molecule has 0 bridgehead atoms. The van der Waals surface area contributed by atoms with Gasteiger partial charge >= 0.3 is 0 Å². The fourth-order valence-electron chi connectivity index (χ4n) is 5.49. The molecule has 193 valence electrons. The summed E-state index contributed by atoms with van der Waals surface area (Å²) >= 11 is 6.14. The summed E-state index contributed by atoms with van der Waals surface area (Å²) in [5.74, 6) is 0.215. The molecule has 1 amide bonds. The highest BCUT2D eigenvalue weighted by molar-refractivity contribution is 6.30. The number of benzene rings is 3. The van der Waals surface area contributed by atoms with Crippen molar-refractivity contribution in [3.63, 3.8) is 0 Å². The molecular formula is C31H36ClN4O. The fraction of sp³-hybridized carbons (Fsp3) is 0.355. The Labute approximate surface area is 226 Å². The molecule has 1 saturated heterocycles. The van der Waals surface area contributed by atoms with Gasteiger partial charge in [0, 0.05) is 56.5 Å². The minimum atomic E-state index is -0.234. The van der Waals surface area contributed by atoms with E-state index in [9.17, 15) is 4.79 Å². The van der Waals surface area contributed by atoms with Crippen molar-refractivity contribution in [1.29, 1.82) is 0 Å². The number of carbonyl (C=O) groups is 1. The summed E-state index contributed by atoms with van der Waals surface area (Å²) < 4.78 is 0. The molecule has 1 radical (unpaired) electrons. The van der Waals surface area contributed by atoms with Crippen LogP contribution < -0.4 is 4.90 Å². The summed E-state index contributed by atoms with van der Waals surface area (Å²) in [5, 5.41) is 0.718. The van der Waals surface area contributed by atoms with Gasteiger partial charge in [0.05, 0.1) is 6.04 Å². The number of hydrogen-bond acceptors (Lipinski definition) is 4. The van der Waals surface area contributed by atoms with E-state index in [1.807, 2.05) is 24.3 Å². The molecule has 3 aromatic rings. The van der Waals surface area contributed by atoms with Crippen molar-refractivity contribution in [3.8, 4) is 0 Å². The van der Waals surface area contributed by atoms with Crippen molar-refractivity contribution in [2.75, 3.05) is 45.2 Å². The topological polar surface area (TPSA) is 30.0 Å². The van der Waals surface area contributed by atoms with Crippen LogP contribution in [0.1, 0.15) is 22.3 Å². The number of piperazine rings is 1. The molecule has 2 aliphatic heterocycles. The van der Waals surface area contributed by atoms with Crippen molar-refractivity contribution in [2.24, 2.45) is 0 Å².